The van der Waals surface area contributed by atoms with E-state index in [1.807, 2.05) is 0 Å². The Bertz CT molecular complexity index is 317. The molecule has 1 aromatic carbocycles. The van der Waals surface area contributed by atoms with Crippen molar-refractivity contribution in [3.8, 4) is 0 Å². The van der Waals surface area contributed by atoms with Crippen molar-refractivity contribution in [1.29, 1.82) is 0 Å². The molecule has 2 rings (SSSR count). The topological polar surface area (TPSA) is 0 Å². The molecule has 0 N–H and O–H groups in total. The lowest BCUT2D eigenvalue weighted by Gasteiger charge is -2.07. The van der Waals surface area contributed by atoms with Gasteiger partial charge in [0, 0.05) is 5.33 Å². The molecular formula is C12H15Br. The molecule has 0 saturated heterocycles. The average molecular weight is 239 g/mol. The molecule has 0 spiro atoms. The van der Waals surface area contributed by atoms with Crippen molar-refractivity contribution in [2.24, 2.45) is 5.92 Å². The van der Waals surface area contributed by atoms with Gasteiger partial charge in [0.15, 0.2) is 0 Å². The van der Waals surface area contributed by atoms with Crippen LogP contribution in [0.15, 0.2) is 18.2 Å². The van der Waals surface area contributed by atoms with E-state index in [9.17, 15) is 0 Å². The molecule has 13 heavy (non-hydrogen) atoms. The van der Waals surface area contributed by atoms with E-state index >= 15 is 0 Å². The molecule has 0 nitrogen and oxygen atoms in total. The Balaban J connectivity index is 2.27. The summed E-state index contributed by atoms with van der Waals surface area (Å²) in [5, 5.41) is 1.16. The number of aryl methyl sites for hydroxylation is 1. The highest BCUT2D eigenvalue weighted by Gasteiger charge is 2.37. The average Bonchev–Trinajstić information content (AvgIpc) is 2.89. The molecule has 0 heterocycles. The predicted molar refractivity (Wildman–Crippen MR) is 60.6 cm³/mol. The lowest BCUT2D eigenvalue weighted by atomic mass is 9.99. The van der Waals surface area contributed by atoms with Crippen LogP contribution < -0.4 is 0 Å². The van der Waals surface area contributed by atoms with Crippen LogP contribution >= 0.6 is 15.9 Å². The third kappa shape index (κ3) is 1.67. The summed E-state index contributed by atoms with van der Waals surface area (Å²) in [6.45, 7) is 4.44. The number of rotatable bonds is 2. The Kier molecular flexibility index (Phi) is 2.46. The number of hydrogen-bond acceptors (Lipinski definition) is 0. The minimum atomic E-state index is 0.833. The van der Waals surface area contributed by atoms with Gasteiger partial charge in [-0.05, 0) is 48.8 Å². The van der Waals surface area contributed by atoms with Crippen LogP contribution in [-0.4, -0.2) is 5.33 Å². The fraction of sp³-hybridized carbons (Fsp3) is 0.500. The largest absolute Gasteiger partial charge is 0.0925 e. The molecule has 0 radical (unpaired) electrons. The van der Waals surface area contributed by atoms with Crippen molar-refractivity contribution < 1.29 is 0 Å². The summed E-state index contributed by atoms with van der Waals surface area (Å²) in [5.74, 6) is 1.72. The van der Waals surface area contributed by atoms with Gasteiger partial charge in [-0.2, -0.15) is 0 Å². The third-order valence-corrected chi connectivity index (χ3v) is 4.00. The van der Waals surface area contributed by atoms with E-state index in [1.54, 1.807) is 5.56 Å². The van der Waals surface area contributed by atoms with Crippen LogP contribution in [0, 0.1) is 19.8 Å². The minimum absolute atomic E-state index is 0.833. The highest BCUT2D eigenvalue weighted by Crippen LogP contribution is 2.49. The van der Waals surface area contributed by atoms with Crippen LogP contribution in [0.1, 0.15) is 29.0 Å². The van der Waals surface area contributed by atoms with Gasteiger partial charge in [0.25, 0.3) is 0 Å². The maximum absolute atomic E-state index is 3.56. The van der Waals surface area contributed by atoms with Crippen molar-refractivity contribution in [2.45, 2.75) is 26.2 Å². The summed E-state index contributed by atoms with van der Waals surface area (Å²) in [6.07, 6.45) is 1.37. The normalized spacial score (nSPS) is 26.1. The second-order valence-corrected chi connectivity index (χ2v) is 4.69. The smallest absolute Gasteiger partial charge is 0.00657 e. The van der Waals surface area contributed by atoms with Crippen molar-refractivity contribution in [3.05, 3.63) is 34.9 Å². The van der Waals surface area contributed by atoms with Gasteiger partial charge < -0.3 is 0 Å². The molecule has 2 atom stereocenters. The highest BCUT2D eigenvalue weighted by atomic mass is 79.9. The Hall–Kier alpha value is -0.300. The van der Waals surface area contributed by atoms with E-state index in [2.05, 4.69) is 48.0 Å². The third-order valence-electron chi connectivity index (χ3n) is 3.17. The Morgan fingerprint density at radius 1 is 1.38 bits per heavy atom. The van der Waals surface area contributed by atoms with Gasteiger partial charge in [-0.25, -0.2) is 0 Å². The van der Waals surface area contributed by atoms with Crippen LogP contribution in [-0.2, 0) is 0 Å². The van der Waals surface area contributed by atoms with E-state index in [4.69, 9.17) is 0 Å². The van der Waals surface area contributed by atoms with Gasteiger partial charge in [-0.15, -0.1) is 0 Å². The van der Waals surface area contributed by atoms with Crippen LogP contribution in [0.25, 0.3) is 0 Å². The number of hydrogen-bond donors (Lipinski definition) is 0. The number of alkyl halides is 1. The summed E-state index contributed by atoms with van der Waals surface area (Å²) < 4.78 is 0. The molecule has 1 heteroatoms. The van der Waals surface area contributed by atoms with E-state index in [1.165, 1.54) is 17.5 Å². The van der Waals surface area contributed by atoms with Crippen molar-refractivity contribution in [1.82, 2.24) is 0 Å². The van der Waals surface area contributed by atoms with Crippen LogP contribution in [0.3, 0.4) is 0 Å². The summed E-state index contributed by atoms with van der Waals surface area (Å²) in [4.78, 5) is 0. The standard InChI is InChI=1S/C12H15Br/c1-8-4-3-5-11(9(8)2)12-6-10(12)7-13/h3-5,10,12H,6-7H2,1-2H3. The van der Waals surface area contributed by atoms with Crippen molar-refractivity contribution >= 4 is 15.9 Å². The Labute approximate surface area is 88.5 Å². The molecule has 0 aromatic heterocycles. The summed E-state index contributed by atoms with van der Waals surface area (Å²) in [5.41, 5.74) is 4.50. The monoisotopic (exact) mass is 238 g/mol. The molecule has 1 aliphatic rings. The molecule has 70 valence electrons. The van der Waals surface area contributed by atoms with E-state index in [-0.39, 0.29) is 0 Å². The summed E-state index contributed by atoms with van der Waals surface area (Å²) in [6, 6.07) is 6.67. The molecule has 1 aliphatic carbocycles. The van der Waals surface area contributed by atoms with E-state index in [0.29, 0.717) is 0 Å². The SMILES string of the molecule is Cc1cccc(C2CC2CBr)c1C. The van der Waals surface area contributed by atoms with Gasteiger partial charge in [0.2, 0.25) is 0 Å². The highest BCUT2D eigenvalue weighted by molar-refractivity contribution is 9.09. The Morgan fingerprint density at radius 2 is 2.15 bits per heavy atom. The maximum atomic E-state index is 3.56. The van der Waals surface area contributed by atoms with E-state index < -0.39 is 0 Å². The second-order valence-electron chi connectivity index (χ2n) is 4.05. The molecule has 1 fully saturated rings. The fourth-order valence-corrected chi connectivity index (χ4v) is 2.69. The molecule has 0 bridgehead atoms. The lowest BCUT2D eigenvalue weighted by molar-refractivity contribution is 0.927. The molecule has 0 amide bonds. The minimum Gasteiger partial charge on any atom is -0.0925 e. The van der Waals surface area contributed by atoms with Gasteiger partial charge in [-0.3, -0.25) is 0 Å². The van der Waals surface area contributed by atoms with Crippen LogP contribution in [0.4, 0.5) is 0 Å². The molecular weight excluding hydrogens is 224 g/mol. The van der Waals surface area contributed by atoms with Gasteiger partial charge >= 0.3 is 0 Å². The lowest BCUT2D eigenvalue weighted by Crippen LogP contribution is -1.91. The first-order valence-corrected chi connectivity index (χ1v) is 5.98. The number of halogens is 1. The van der Waals surface area contributed by atoms with Crippen LogP contribution in [0.5, 0.6) is 0 Å². The summed E-state index contributed by atoms with van der Waals surface area (Å²) >= 11 is 3.56. The number of benzene rings is 1. The van der Waals surface area contributed by atoms with Crippen LogP contribution in [0.2, 0.25) is 0 Å². The quantitative estimate of drug-likeness (QED) is 0.688. The van der Waals surface area contributed by atoms with Gasteiger partial charge in [0.05, 0.1) is 0 Å². The molecule has 1 aromatic rings. The van der Waals surface area contributed by atoms with E-state index in [0.717, 1.165) is 17.2 Å². The maximum Gasteiger partial charge on any atom is 0.00657 e. The Morgan fingerprint density at radius 3 is 2.77 bits per heavy atom. The molecule has 2 unspecified atom stereocenters. The predicted octanol–water partition coefficient (Wildman–Crippen LogP) is 3.80. The van der Waals surface area contributed by atoms with Crippen molar-refractivity contribution in [3.63, 3.8) is 0 Å². The molecule has 0 aliphatic heterocycles. The first-order valence-electron chi connectivity index (χ1n) is 4.86. The zero-order valence-electron chi connectivity index (χ0n) is 8.18. The van der Waals surface area contributed by atoms with Gasteiger partial charge in [-0.1, -0.05) is 34.1 Å². The van der Waals surface area contributed by atoms with Crippen molar-refractivity contribution in [2.75, 3.05) is 5.33 Å². The molecule has 1 saturated carbocycles. The first-order chi connectivity index (χ1) is 6.24. The fourth-order valence-electron chi connectivity index (χ4n) is 1.97. The zero-order chi connectivity index (χ0) is 9.42. The zero-order valence-corrected chi connectivity index (χ0v) is 9.76. The van der Waals surface area contributed by atoms with Gasteiger partial charge in [0.1, 0.15) is 0 Å². The second kappa shape index (κ2) is 3.45. The first kappa shape index (κ1) is 9.26. The summed E-state index contributed by atoms with van der Waals surface area (Å²) in [7, 11) is 0.